The van der Waals surface area contributed by atoms with Gasteiger partial charge >= 0.3 is 0 Å². The lowest BCUT2D eigenvalue weighted by Gasteiger charge is -2.42. The van der Waals surface area contributed by atoms with Crippen LogP contribution in [0.3, 0.4) is 0 Å². The van der Waals surface area contributed by atoms with Crippen molar-refractivity contribution < 1.29 is 8.42 Å². The Bertz CT molecular complexity index is 604. The van der Waals surface area contributed by atoms with Crippen molar-refractivity contribution in [1.82, 2.24) is 4.98 Å². The number of fused-ring (bicyclic) bond motifs is 1. The summed E-state index contributed by atoms with van der Waals surface area (Å²) in [6.45, 7) is 2.14. The zero-order chi connectivity index (χ0) is 13.7. The lowest BCUT2D eigenvalue weighted by Crippen LogP contribution is -2.50. The number of nitrogens with zero attached hydrogens (tertiary/aromatic N) is 2. The first-order chi connectivity index (χ1) is 8.90. The average molecular weight is 319 g/mol. The second-order valence-electron chi connectivity index (χ2n) is 5.32. The van der Waals surface area contributed by atoms with Crippen LogP contribution in [0.2, 0.25) is 5.15 Å². The summed E-state index contributed by atoms with van der Waals surface area (Å²) in [5.74, 6) is 1.40. The Hall–Kier alpha value is -0.460. The van der Waals surface area contributed by atoms with Crippen LogP contribution in [0.5, 0.6) is 0 Å². The Balaban J connectivity index is 1.89. The van der Waals surface area contributed by atoms with Crippen LogP contribution in [0.15, 0.2) is 17.2 Å². The van der Waals surface area contributed by atoms with Crippen LogP contribution in [0.25, 0.3) is 0 Å². The molecular weight excluding hydrogens is 304 g/mol. The number of pyridine rings is 1. The van der Waals surface area contributed by atoms with Crippen LogP contribution >= 0.6 is 23.4 Å². The van der Waals surface area contributed by atoms with Gasteiger partial charge in [0.2, 0.25) is 0 Å². The van der Waals surface area contributed by atoms with E-state index in [1.807, 2.05) is 6.07 Å². The minimum Gasteiger partial charge on any atom is -0.354 e. The van der Waals surface area contributed by atoms with Crippen LogP contribution in [0.4, 0.5) is 5.69 Å². The molecule has 0 bridgehead atoms. The highest BCUT2D eigenvalue weighted by Crippen LogP contribution is 2.45. The molecule has 1 aromatic heterocycles. The van der Waals surface area contributed by atoms with E-state index < -0.39 is 9.84 Å². The number of thioether (sulfide) groups is 1. The lowest BCUT2D eigenvalue weighted by atomic mass is 9.92. The molecule has 3 rings (SSSR count). The molecule has 0 radical (unpaired) electrons. The summed E-state index contributed by atoms with van der Waals surface area (Å²) in [5.41, 5.74) is 0.982. The van der Waals surface area contributed by atoms with Crippen molar-refractivity contribution >= 4 is 38.9 Å². The molecule has 0 aromatic carbocycles. The maximum Gasteiger partial charge on any atom is 0.150 e. The Morgan fingerprint density at radius 2 is 2.11 bits per heavy atom. The normalized spacial score (nSPS) is 24.2. The van der Waals surface area contributed by atoms with Crippen molar-refractivity contribution in [3.8, 4) is 0 Å². The van der Waals surface area contributed by atoms with Gasteiger partial charge < -0.3 is 4.90 Å². The fourth-order valence-electron chi connectivity index (χ4n) is 2.62. The van der Waals surface area contributed by atoms with E-state index in [1.165, 1.54) is 0 Å². The summed E-state index contributed by atoms with van der Waals surface area (Å²) < 4.78 is 23.2. The summed E-state index contributed by atoms with van der Waals surface area (Å²) in [5, 5.41) is 0.504. The van der Waals surface area contributed by atoms with E-state index in [-0.39, 0.29) is 17.0 Å². The summed E-state index contributed by atoms with van der Waals surface area (Å²) >= 11 is 7.64. The highest BCUT2D eigenvalue weighted by molar-refractivity contribution is 7.99. The van der Waals surface area contributed by atoms with Gasteiger partial charge in [-0.3, -0.25) is 0 Å². The molecule has 0 aliphatic carbocycles. The Kier molecular flexibility index (Phi) is 3.22. The number of aromatic nitrogens is 1. The van der Waals surface area contributed by atoms with Gasteiger partial charge in [0.15, 0.2) is 0 Å². The summed E-state index contributed by atoms with van der Waals surface area (Å²) in [4.78, 5) is 7.56. The maximum atomic E-state index is 11.6. The maximum absolute atomic E-state index is 11.6. The number of hydrogen-bond acceptors (Lipinski definition) is 5. The number of anilines is 1. The van der Waals surface area contributed by atoms with Crippen molar-refractivity contribution in [2.45, 2.75) is 30.2 Å². The van der Waals surface area contributed by atoms with Gasteiger partial charge in [0.1, 0.15) is 15.0 Å². The molecule has 0 N–H and O–H groups in total. The molecular formula is C12H15ClN2O2S2. The molecule has 0 saturated carbocycles. The zero-order valence-corrected chi connectivity index (χ0v) is 13.0. The highest BCUT2D eigenvalue weighted by Gasteiger charge is 2.41. The van der Waals surface area contributed by atoms with Gasteiger partial charge in [-0.05, 0) is 25.8 Å². The molecule has 4 nitrogen and oxygen atoms in total. The number of rotatable bonds is 1. The third kappa shape index (κ3) is 2.45. The van der Waals surface area contributed by atoms with E-state index in [1.54, 1.807) is 18.0 Å². The van der Waals surface area contributed by atoms with Crippen LogP contribution in [0.1, 0.15) is 19.8 Å². The highest BCUT2D eigenvalue weighted by atomic mass is 35.5. The van der Waals surface area contributed by atoms with Gasteiger partial charge in [-0.2, -0.15) is 0 Å². The van der Waals surface area contributed by atoms with E-state index >= 15 is 0 Å². The van der Waals surface area contributed by atoms with Crippen molar-refractivity contribution in [1.29, 1.82) is 0 Å². The van der Waals surface area contributed by atoms with Crippen LogP contribution in [0, 0.1) is 0 Å². The number of hydrogen-bond donors (Lipinski definition) is 0. The average Bonchev–Trinajstić information content (AvgIpc) is 2.77. The first-order valence-corrected chi connectivity index (χ1v) is 9.35. The molecule has 1 fully saturated rings. The molecule has 2 aliphatic rings. The van der Waals surface area contributed by atoms with Gasteiger partial charge in [0, 0.05) is 10.4 Å². The summed E-state index contributed by atoms with van der Waals surface area (Å²) in [6.07, 6.45) is 3.15. The molecule has 2 aliphatic heterocycles. The smallest absolute Gasteiger partial charge is 0.150 e. The standard InChI is InChI=1S/C12H15ClN2O2S2/c1-12(2-4-19(16,17)5-3-12)15-8-18-10-6-11(13)14-7-9(10)15/h6-7H,2-5,8H2,1H3. The molecule has 104 valence electrons. The van der Waals surface area contributed by atoms with E-state index in [4.69, 9.17) is 11.6 Å². The third-order valence-corrected chi connectivity index (χ3v) is 6.89. The predicted molar refractivity (Wildman–Crippen MR) is 78.7 cm³/mol. The van der Waals surface area contributed by atoms with E-state index in [9.17, 15) is 8.42 Å². The third-order valence-electron chi connectivity index (χ3n) is 4.01. The fourth-order valence-corrected chi connectivity index (χ4v) is 5.78. The minimum atomic E-state index is -2.84. The van der Waals surface area contributed by atoms with Crippen molar-refractivity contribution in [3.63, 3.8) is 0 Å². The first-order valence-electron chi connectivity index (χ1n) is 6.16. The molecule has 19 heavy (non-hydrogen) atoms. The molecule has 0 unspecified atom stereocenters. The van der Waals surface area contributed by atoms with Gasteiger partial charge in [0.05, 0.1) is 29.3 Å². The topological polar surface area (TPSA) is 50.3 Å². The second kappa shape index (κ2) is 4.53. The van der Waals surface area contributed by atoms with E-state index in [0.29, 0.717) is 18.0 Å². The van der Waals surface area contributed by atoms with Crippen molar-refractivity contribution in [2.75, 3.05) is 22.3 Å². The van der Waals surface area contributed by atoms with Crippen LogP contribution < -0.4 is 4.90 Å². The van der Waals surface area contributed by atoms with E-state index in [0.717, 1.165) is 16.5 Å². The molecule has 0 spiro atoms. The van der Waals surface area contributed by atoms with E-state index in [2.05, 4.69) is 16.8 Å². The van der Waals surface area contributed by atoms with Gasteiger partial charge in [-0.1, -0.05) is 11.6 Å². The monoisotopic (exact) mass is 318 g/mol. The van der Waals surface area contributed by atoms with Crippen molar-refractivity contribution in [2.24, 2.45) is 0 Å². The Morgan fingerprint density at radius 3 is 2.79 bits per heavy atom. The molecule has 0 amide bonds. The van der Waals surface area contributed by atoms with Gasteiger partial charge in [-0.25, -0.2) is 13.4 Å². The first kappa shape index (κ1) is 13.5. The van der Waals surface area contributed by atoms with Gasteiger partial charge in [0.25, 0.3) is 0 Å². The zero-order valence-electron chi connectivity index (χ0n) is 10.6. The lowest BCUT2D eigenvalue weighted by molar-refractivity contribution is 0.394. The molecule has 3 heterocycles. The Morgan fingerprint density at radius 1 is 1.42 bits per heavy atom. The summed E-state index contributed by atoms with van der Waals surface area (Å²) in [7, 11) is -2.84. The number of sulfone groups is 1. The molecule has 7 heteroatoms. The van der Waals surface area contributed by atoms with Crippen molar-refractivity contribution in [3.05, 3.63) is 17.4 Å². The molecule has 0 atom stereocenters. The second-order valence-corrected chi connectivity index (χ2v) is 9.00. The number of halogens is 1. The molecule has 1 aromatic rings. The van der Waals surface area contributed by atoms with Crippen LogP contribution in [-0.4, -0.2) is 36.3 Å². The summed E-state index contributed by atoms with van der Waals surface area (Å²) in [6, 6.07) is 1.88. The minimum absolute atomic E-state index is 0.0981. The fraction of sp³-hybridized carbons (Fsp3) is 0.583. The molecule has 1 saturated heterocycles. The predicted octanol–water partition coefficient (Wildman–Crippen LogP) is 2.57. The Labute approximate surface area is 122 Å². The SMILES string of the molecule is CC1(N2CSc3cc(Cl)ncc32)CCS(=O)(=O)CC1. The van der Waals surface area contributed by atoms with Crippen LogP contribution in [-0.2, 0) is 9.84 Å². The quantitative estimate of drug-likeness (QED) is 0.745. The van der Waals surface area contributed by atoms with Gasteiger partial charge in [-0.15, -0.1) is 11.8 Å². The largest absolute Gasteiger partial charge is 0.354 e.